The van der Waals surface area contributed by atoms with E-state index in [0.29, 0.717) is 17.5 Å². The monoisotopic (exact) mass is 405 g/mol. The number of hydrogen-bond donors (Lipinski definition) is 1. The molecule has 0 saturated carbocycles. The SMILES string of the molecule is NOc1ccc(-c2ccc(-c3nnc(-c4ccc(-c5ccccc5)cc4)o3)cc2)cc1. The number of aromatic nitrogens is 2. The van der Waals surface area contributed by atoms with Gasteiger partial charge in [0, 0.05) is 11.1 Å². The second kappa shape index (κ2) is 8.26. The Morgan fingerprint density at radius 3 is 1.32 bits per heavy atom. The van der Waals surface area contributed by atoms with Crippen molar-refractivity contribution in [3.63, 3.8) is 0 Å². The summed E-state index contributed by atoms with van der Waals surface area (Å²) in [6.45, 7) is 0. The van der Waals surface area contributed by atoms with Crippen LogP contribution in [0.2, 0.25) is 0 Å². The van der Waals surface area contributed by atoms with Gasteiger partial charge < -0.3 is 9.25 Å². The molecule has 5 rings (SSSR count). The number of nitrogens with two attached hydrogens (primary N) is 1. The minimum atomic E-state index is 0.487. The maximum atomic E-state index is 5.92. The first kappa shape index (κ1) is 18.8. The van der Waals surface area contributed by atoms with Gasteiger partial charge >= 0.3 is 0 Å². The summed E-state index contributed by atoms with van der Waals surface area (Å²) in [5, 5.41) is 8.44. The van der Waals surface area contributed by atoms with Crippen LogP contribution in [0.15, 0.2) is 108 Å². The van der Waals surface area contributed by atoms with E-state index >= 15 is 0 Å². The van der Waals surface area contributed by atoms with Gasteiger partial charge in [-0.3, -0.25) is 0 Å². The van der Waals surface area contributed by atoms with E-state index in [1.165, 1.54) is 5.56 Å². The highest BCUT2D eigenvalue weighted by atomic mass is 16.6. The standard InChI is InChI=1S/C26H19N3O2/c27-31-24-16-14-21(15-17-24)20-8-12-23(13-9-20)26-29-28-25(30-26)22-10-6-19(7-11-22)18-4-2-1-3-5-18/h1-17H,27H2. The maximum Gasteiger partial charge on any atom is 0.248 e. The summed E-state index contributed by atoms with van der Waals surface area (Å²) in [4.78, 5) is 4.72. The van der Waals surface area contributed by atoms with Gasteiger partial charge in [-0.1, -0.05) is 66.7 Å². The van der Waals surface area contributed by atoms with Gasteiger partial charge in [-0.2, -0.15) is 5.90 Å². The fraction of sp³-hybridized carbons (Fsp3) is 0. The Bertz CT molecular complexity index is 1280. The number of hydrogen-bond acceptors (Lipinski definition) is 5. The van der Waals surface area contributed by atoms with Crippen LogP contribution < -0.4 is 10.7 Å². The average Bonchev–Trinajstić information content (AvgIpc) is 3.35. The third kappa shape index (κ3) is 3.95. The van der Waals surface area contributed by atoms with Crippen molar-refractivity contribution < 1.29 is 9.25 Å². The molecule has 0 fully saturated rings. The molecule has 0 aliphatic carbocycles. The number of benzene rings is 4. The van der Waals surface area contributed by atoms with Crippen molar-refractivity contribution in [3.05, 3.63) is 103 Å². The van der Waals surface area contributed by atoms with E-state index in [9.17, 15) is 0 Å². The normalized spacial score (nSPS) is 10.7. The zero-order valence-electron chi connectivity index (χ0n) is 16.6. The predicted octanol–water partition coefficient (Wildman–Crippen LogP) is 5.99. The first-order chi connectivity index (χ1) is 15.3. The molecule has 0 unspecified atom stereocenters. The van der Waals surface area contributed by atoms with Gasteiger partial charge in [-0.25, -0.2) is 0 Å². The molecule has 5 aromatic rings. The van der Waals surface area contributed by atoms with Gasteiger partial charge in [0.1, 0.15) is 5.75 Å². The summed E-state index contributed by atoms with van der Waals surface area (Å²) >= 11 is 0. The van der Waals surface area contributed by atoms with E-state index in [1.807, 2.05) is 78.9 Å². The van der Waals surface area contributed by atoms with Gasteiger partial charge in [0.25, 0.3) is 0 Å². The summed E-state index contributed by atoms with van der Waals surface area (Å²) in [5.41, 5.74) is 6.21. The van der Waals surface area contributed by atoms with Crippen LogP contribution in [0.25, 0.3) is 45.2 Å². The fourth-order valence-electron chi connectivity index (χ4n) is 3.42. The third-order valence-corrected chi connectivity index (χ3v) is 5.12. The molecular formula is C26H19N3O2. The molecule has 0 saturated heterocycles. The van der Waals surface area contributed by atoms with Crippen LogP contribution in [0.4, 0.5) is 0 Å². The molecule has 0 radical (unpaired) electrons. The Hall–Kier alpha value is -4.22. The Morgan fingerprint density at radius 2 is 0.871 bits per heavy atom. The molecule has 1 heterocycles. The lowest BCUT2D eigenvalue weighted by Gasteiger charge is -2.04. The van der Waals surface area contributed by atoms with Gasteiger partial charge in [0.15, 0.2) is 0 Å². The molecule has 5 nitrogen and oxygen atoms in total. The van der Waals surface area contributed by atoms with Crippen LogP contribution in [0.5, 0.6) is 5.75 Å². The molecule has 4 aromatic carbocycles. The highest BCUT2D eigenvalue weighted by molar-refractivity contribution is 5.69. The topological polar surface area (TPSA) is 74.2 Å². The van der Waals surface area contributed by atoms with Gasteiger partial charge in [0.05, 0.1) is 0 Å². The van der Waals surface area contributed by atoms with Crippen LogP contribution in [-0.4, -0.2) is 10.2 Å². The highest BCUT2D eigenvalue weighted by Gasteiger charge is 2.11. The van der Waals surface area contributed by atoms with E-state index in [0.717, 1.165) is 27.8 Å². The largest absolute Gasteiger partial charge is 0.416 e. The highest BCUT2D eigenvalue weighted by Crippen LogP contribution is 2.29. The van der Waals surface area contributed by atoms with Crippen LogP contribution >= 0.6 is 0 Å². The lowest BCUT2D eigenvalue weighted by Crippen LogP contribution is -2.00. The molecular weight excluding hydrogens is 386 g/mol. The molecule has 0 atom stereocenters. The third-order valence-electron chi connectivity index (χ3n) is 5.12. The first-order valence-corrected chi connectivity index (χ1v) is 9.87. The van der Waals surface area contributed by atoms with Crippen LogP contribution in [0, 0.1) is 0 Å². The summed E-state index contributed by atoms with van der Waals surface area (Å²) in [5.74, 6) is 6.78. The Balaban J connectivity index is 1.35. The molecule has 31 heavy (non-hydrogen) atoms. The molecule has 1 aromatic heterocycles. The lowest BCUT2D eigenvalue weighted by atomic mass is 10.0. The molecule has 0 aliphatic heterocycles. The van der Waals surface area contributed by atoms with Crippen LogP contribution in [0.3, 0.4) is 0 Å². The van der Waals surface area contributed by atoms with E-state index in [1.54, 1.807) is 0 Å². The maximum absolute atomic E-state index is 5.92. The molecule has 0 bridgehead atoms. The number of nitrogens with zero attached hydrogens (tertiary/aromatic N) is 2. The van der Waals surface area contributed by atoms with E-state index < -0.39 is 0 Å². The van der Waals surface area contributed by atoms with E-state index in [-0.39, 0.29) is 0 Å². The van der Waals surface area contributed by atoms with Crippen molar-refractivity contribution in [1.29, 1.82) is 0 Å². The minimum absolute atomic E-state index is 0.487. The van der Waals surface area contributed by atoms with Crippen molar-refractivity contribution in [2.24, 2.45) is 5.90 Å². The number of rotatable bonds is 5. The predicted molar refractivity (Wildman–Crippen MR) is 121 cm³/mol. The molecule has 0 amide bonds. The zero-order valence-corrected chi connectivity index (χ0v) is 16.6. The van der Waals surface area contributed by atoms with E-state index in [2.05, 4.69) is 34.5 Å². The van der Waals surface area contributed by atoms with Crippen LogP contribution in [0.1, 0.15) is 0 Å². The Labute approximate surface area is 179 Å². The zero-order chi connectivity index (χ0) is 21.0. The van der Waals surface area contributed by atoms with E-state index in [4.69, 9.17) is 15.2 Å². The second-order valence-corrected chi connectivity index (χ2v) is 7.08. The van der Waals surface area contributed by atoms with Crippen molar-refractivity contribution in [3.8, 4) is 50.9 Å². The van der Waals surface area contributed by atoms with Crippen molar-refractivity contribution in [1.82, 2.24) is 10.2 Å². The van der Waals surface area contributed by atoms with Gasteiger partial charge in [0.2, 0.25) is 11.8 Å². The van der Waals surface area contributed by atoms with Gasteiger partial charge in [-0.05, 0) is 58.7 Å². The first-order valence-electron chi connectivity index (χ1n) is 9.87. The molecule has 0 aliphatic rings. The minimum Gasteiger partial charge on any atom is -0.416 e. The summed E-state index contributed by atoms with van der Waals surface area (Å²) in [6, 6.07) is 33.9. The second-order valence-electron chi connectivity index (χ2n) is 7.08. The van der Waals surface area contributed by atoms with Crippen molar-refractivity contribution in [2.75, 3.05) is 0 Å². The molecule has 0 spiro atoms. The molecule has 150 valence electrons. The fourth-order valence-corrected chi connectivity index (χ4v) is 3.42. The summed E-state index contributed by atoms with van der Waals surface area (Å²) < 4.78 is 5.92. The Morgan fingerprint density at radius 1 is 0.484 bits per heavy atom. The molecule has 2 N–H and O–H groups in total. The van der Waals surface area contributed by atoms with Crippen LogP contribution in [-0.2, 0) is 0 Å². The Kier molecular flexibility index (Phi) is 5.01. The average molecular weight is 405 g/mol. The smallest absolute Gasteiger partial charge is 0.248 e. The quantitative estimate of drug-likeness (QED) is 0.364. The lowest BCUT2D eigenvalue weighted by molar-refractivity contribution is 0.334. The van der Waals surface area contributed by atoms with Crippen molar-refractivity contribution >= 4 is 0 Å². The van der Waals surface area contributed by atoms with Crippen molar-refractivity contribution in [2.45, 2.75) is 0 Å². The summed E-state index contributed by atoms with van der Waals surface area (Å²) in [7, 11) is 0. The molecule has 5 heteroatoms. The summed E-state index contributed by atoms with van der Waals surface area (Å²) in [6.07, 6.45) is 0. The van der Waals surface area contributed by atoms with Gasteiger partial charge in [-0.15, -0.1) is 10.2 Å².